The molecule has 0 unspecified atom stereocenters. The smallest absolute Gasteiger partial charge is 0.224 e. The Hall–Kier alpha value is -3.13. The molecule has 0 radical (unpaired) electrons. The molecule has 0 N–H and O–H groups in total. The molecule has 0 amide bonds. The van der Waals surface area contributed by atoms with E-state index >= 15 is 0 Å². The first-order chi connectivity index (χ1) is 13.9. The molecule has 0 atom stereocenters. The van der Waals surface area contributed by atoms with Gasteiger partial charge in [0.25, 0.3) is 0 Å². The number of nitrogens with zero attached hydrogens (tertiary/aromatic N) is 2. The van der Waals surface area contributed by atoms with Crippen molar-refractivity contribution in [1.29, 1.82) is 0 Å². The molecule has 0 saturated carbocycles. The number of benzene rings is 3. The molecule has 0 spiro atoms. The lowest BCUT2D eigenvalue weighted by molar-refractivity contribution is -0.643. The van der Waals surface area contributed by atoms with Crippen LogP contribution < -0.4 is 4.57 Å². The molecule has 0 aliphatic carbocycles. The van der Waals surface area contributed by atoms with Crippen molar-refractivity contribution in [3.63, 3.8) is 0 Å². The van der Waals surface area contributed by atoms with Crippen LogP contribution in [0.2, 0.25) is 0 Å². The Kier molecular flexibility index (Phi) is 3.05. The number of pyridine rings is 2. The van der Waals surface area contributed by atoms with Crippen LogP contribution in [0.15, 0.2) is 60.8 Å². The molecule has 3 aromatic carbocycles. The van der Waals surface area contributed by atoms with Crippen LogP contribution in [-0.2, 0) is 12.5 Å². The van der Waals surface area contributed by atoms with Gasteiger partial charge >= 0.3 is 0 Å². The molecule has 3 heterocycles. The van der Waals surface area contributed by atoms with Gasteiger partial charge in [0.15, 0.2) is 6.20 Å². The summed E-state index contributed by atoms with van der Waals surface area (Å²) >= 11 is 0. The van der Waals surface area contributed by atoms with Gasteiger partial charge in [0.05, 0.1) is 27.3 Å². The summed E-state index contributed by atoms with van der Waals surface area (Å²) in [6.45, 7) is 9.17. The number of fused-ring (bicyclic) bond motifs is 6. The predicted molar refractivity (Wildman–Crippen MR) is 123 cm³/mol. The van der Waals surface area contributed by atoms with E-state index in [0.29, 0.717) is 0 Å². The third-order valence-corrected chi connectivity index (χ3v) is 6.59. The Balaban J connectivity index is 2.07. The Bertz CT molecular complexity index is 1590. The standard InChI is InChI=1S/C27H25N2/c1-16-14-18(27(2,3)4)15-22-23(16)26-24-17(12-13-28(26)5)10-11-20-19-8-6-7-9-21(19)29(22)25(20)24/h6-15H,1-5H3/q+1. The second-order valence-electron chi connectivity index (χ2n) is 9.49. The zero-order chi connectivity index (χ0) is 20.1. The molecule has 0 bridgehead atoms. The third-order valence-electron chi connectivity index (χ3n) is 6.59. The summed E-state index contributed by atoms with van der Waals surface area (Å²) in [4.78, 5) is 0. The first-order valence-corrected chi connectivity index (χ1v) is 10.4. The van der Waals surface area contributed by atoms with E-state index in [0.717, 1.165) is 0 Å². The van der Waals surface area contributed by atoms with Gasteiger partial charge in [-0.25, -0.2) is 4.57 Å². The maximum Gasteiger partial charge on any atom is 0.224 e. The Morgan fingerprint density at radius 2 is 1.62 bits per heavy atom. The molecular weight excluding hydrogens is 352 g/mol. The van der Waals surface area contributed by atoms with Crippen LogP contribution in [0.3, 0.4) is 0 Å². The Morgan fingerprint density at radius 3 is 2.41 bits per heavy atom. The second kappa shape index (κ2) is 5.27. The molecule has 0 saturated heterocycles. The van der Waals surface area contributed by atoms with E-state index in [9.17, 15) is 0 Å². The number of aryl methyl sites for hydroxylation is 2. The summed E-state index contributed by atoms with van der Waals surface area (Å²) in [5, 5.41) is 6.69. The fourth-order valence-corrected chi connectivity index (χ4v) is 5.14. The van der Waals surface area contributed by atoms with Gasteiger partial charge in [-0.05, 0) is 41.0 Å². The van der Waals surface area contributed by atoms with Crippen molar-refractivity contribution in [3.8, 4) is 0 Å². The van der Waals surface area contributed by atoms with E-state index in [-0.39, 0.29) is 5.41 Å². The van der Waals surface area contributed by atoms with Gasteiger partial charge in [-0.1, -0.05) is 57.2 Å². The average Bonchev–Trinajstić information content (AvgIpc) is 3.03. The summed E-state index contributed by atoms with van der Waals surface area (Å²) < 4.78 is 4.81. The van der Waals surface area contributed by atoms with Crippen LogP contribution in [0.1, 0.15) is 31.9 Å². The monoisotopic (exact) mass is 377 g/mol. The first kappa shape index (κ1) is 16.8. The quantitative estimate of drug-likeness (QED) is 0.164. The molecule has 2 heteroatoms. The fraction of sp³-hybridized carbons (Fsp3) is 0.222. The largest absolute Gasteiger partial charge is 0.307 e. The molecular formula is C27H25N2+. The highest BCUT2D eigenvalue weighted by Crippen LogP contribution is 2.41. The highest BCUT2D eigenvalue weighted by molar-refractivity contribution is 6.27. The maximum atomic E-state index is 2.51. The van der Waals surface area contributed by atoms with Gasteiger partial charge in [0.2, 0.25) is 5.52 Å². The number of aromatic nitrogens is 2. The van der Waals surface area contributed by atoms with Crippen LogP contribution in [-0.4, -0.2) is 4.40 Å². The molecule has 6 aromatic rings. The molecule has 2 nitrogen and oxygen atoms in total. The summed E-state index contributed by atoms with van der Waals surface area (Å²) in [7, 11) is 2.17. The number of para-hydroxylation sites is 1. The number of hydrogen-bond acceptors (Lipinski definition) is 0. The van der Waals surface area contributed by atoms with Crippen LogP contribution in [0, 0.1) is 6.92 Å². The van der Waals surface area contributed by atoms with Crippen LogP contribution in [0.4, 0.5) is 0 Å². The minimum atomic E-state index is 0.104. The van der Waals surface area contributed by atoms with Crippen molar-refractivity contribution in [1.82, 2.24) is 4.40 Å². The predicted octanol–water partition coefficient (Wildman–Crippen LogP) is 6.42. The summed E-state index contributed by atoms with van der Waals surface area (Å²) in [5.41, 5.74) is 8.10. The lowest BCUT2D eigenvalue weighted by Crippen LogP contribution is -2.29. The molecule has 3 aromatic heterocycles. The zero-order valence-electron chi connectivity index (χ0n) is 17.7. The second-order valence-corrected chi connectivity index (χ2v) is 9.49. The molecule has 6 rings (SSSR count). The lowest BCUT2D eigenvalue weighted by Gasteiger charge is -2.22. The summed E-state index contributed by atoms with van der Waals surface area (Å²) in [5.74, 6) is 0. The van der Waals surface area contributed by atoms with Crippen molar-refractivity contribution >= 4 is 49.0 Å². The van der Waals surface area contributed by atoms with E-state index in [1.807, 2.05) is 0 Å². The van der Waals surface area contributed by atoms with E-state index in [2.05, 4.69) is 105 Å². The minimum Gasteiger partial charge on any atom is -0.307 e. The molecule has 142 valence electrons. The van der Waals surface area contributed by atoms with Gasteiger partial charge in [-0.3, -0.25) is 0 Å². The minimum absolute atomic E-state index is 0.104. The van der Waals surface area contributed by atoms with E-state index in [4.69, 9.17) is 0 Å². The highest BCUT2D eigenvalue weighted by Gasteiger charge is 2.25. The van der Waals surface area contributed by atoms with E-state index in [1.165, 1.54) is 60.1 Å². The van der Waals surface area contributed by atoms with Crippen molar-refractivity contribution in [3.05, 3.63) is 71.9 Å². The van der Waals surface area contributed by atoms with Gasteiger partial charge < -0.3 is 4.40 Å². The Labute approximate surface area is 170 Å². The maximum absolute atomic E-state index is 2.51. The van der Waals surface area contributed by atoms with Gasteiger partial charge in [0.1, 0.15) is 7.05 Å². The fourth-order valence-electron chi connectivity index (χ4n) is 5.14. The Morgan fingerprint density at radius 1 is 0.828 bits per heavy atom. The van der Waals surface area contributed by atoms with Crippen molar-refractivity contribution < 1.29 is 4.57 Å². The van der Waals surface area contributed by atoms with Gasteiger partial charge in [0, 0.05) is 16.8 Å². The summed E-state index contributed by atoms with van der Waals surface area (Å²) in [6, 6.07) is 20.4. The van der Waals surface area contributed by atoms with Gasteiger partial charge in [-0.2, -0.15) is 0 Å². The van der Waals surface area contributed by atoms with Gasteiger partial charge in [-0.15, -0.1) is 0 Å². The van der Waals surface area contributed by atoms with Crippen molar-refractivity contribution in [2.75, 3.05) is 0 Å². The van der Waals surface area contributed by atoms with Crippen molar-refractivity contribution in [2.24, 2.45) is 7.05 Å². The van der Waals surface area contributed by atoms with Crippen LogP contribution in [0.5, 0.6) is 0 Å². The number of hydrogen-bond donors (Lipinski definition) is 0. The van der Waals surface area contributed by atoms with E-state index < -0.39 is 0 Å². The molecule has 0 fully saturated rings. The topological polar surface area (TPSA) is 8.29 Å². The number of rotatable bonds is 0. The summed E-state index contributed by atoms with van der Waals surface area (Å²) in [6.07, 6.45) is 2.20. The third kappa shape index (κ3) is 2.04. The highest BCUT2D eigenvalue weighted by atomic mass is 15.0. The average molecular weight is 378 g/mol. The van der Waals surface area contributed by atoms with Crippen LogP contribution >= 0.6 is 0 Å². The van der Waals surface area contributed by atoms with Crippen molar-refractivity contribution in [2.45, 2.75) is 33.1 Å². The van der Waals surface area contributed by atoms with E-state index in [1.54, 1.807) is 0 Å². The molecule has 0 aliphatic heterocycles. The zero-order valence-corrected chi connectivity index (χ0v) is 17.7. The first-order valence-electron chi connectivity index (χ1n) is 10.4. The lowest BCUT2D eigenvalue weighted by atomic mass is 9.85. The van der Waals surface area contributed by atoms with Crippen LogP contribution in [0.25, 0.3) is 49.0 Å². The molecule has 29 heavy (non-hydrogen) atoms. The SMILES string of the molecule is Cc1cc(C(C)(C)C)cc2c1c1c3c(ccc4c5ccccc5n2c43)cc[n+]1C. The molecule has 0 aliphatic rings. The normalized spacial score (nSPS) is 13.0.